The van der Waals surface area contributed by atoms with Crippen LogP contribution in [0.15, 0.2) is 42.7 Å². The van der Waals surface area contributed by atoms with E-state index >= 15 is 0 Å². The zero-order chi connectivity index (χ0) is 25.4. The van der Waals surface area contributed by atoms with E-state index in [1.807, 2.05) is 29.7 Å². The number of ether oxygens (including phenoxy) is 2. The summed E-state index contributed by atoms with van der Waals surface area (Å²) in [4.78, 5) is 18.9. The fourth-order valence-electron chi connectivity index (χ4n) is 5.26. The molecule has 0 saturated carbocycles. The van der Waals surface area contributed by atoms with E-state index in [1.54, 1.807) is 6.33 Å². The van der Waals surface area contributed by atoms with E-state index in [0.717, 1.165) is 85.7 Å². The number of piperazine rings is 1. The highest BCUT2D eigenvalue weighted by Gasteiger charge is 2.20. The van der Waals surface area contributed by atoms with Crippen LogP contribution in [0.3, 0.4) is 0 Å². The van der Waals surface area contributed by atoms with Gasteiger partial charge in [-0.1, -0.05) is 12.1 Å². The molecule has 0 aliphatic carbocycles. The van der Waals surface area contributed by atoms with Gasteiger partial charge in [0.2, 0.25) is 6.79 Å². The van der Waals surface area contributed by atoms with Crippen molar-refractivity contribution < 1.29 is 9.47 Å². The summed E-state index contributed by atoms with van der Waals surface area (Å²) >= 11 is 0. The number of hydrogen-bond acceptors (Lipinski definition) is 8. The van der Waals surface area contributed by atoms with E-state index in [2.05, 4.69) is 57.1 Å². The zero-order valence-corrected chi connectivity index (χ0v) is 21.7. The lowest BCUT2D eigenvalue weighted by Crippen LogP contribution is -2.47. The first kappa shape index (κ1) is 23.5. The van der Waals surface area contributed by atoms with Gasteiger partial charge >= 0.3 is 0 Å². The number of fused-ring (bicyclic) bond motifs is 2. The number of rotatable bonds is 7. The maximum atomic E-state index is 5.56. The number of imidazole rings is 1. The lowest BCUT2D eigenvalue weighted by atomic mass is 10.1. The minimum atomic E-state index is 0.251. The molecule has 9 nitrogen and oxygen atoms in total. The van der Waals surface area contributed by atoms with E-state index < -0.39 is 0 Å². The fraction of sp³-hybridized carbons (Fsp3) is 0.393. The quantitative estimate of drug-likeness (QED) is 0.381. The van der Waals surface area contributed by atoms with Crippen LogP contribution in [-0.2, 0) is 0 Å². The van der Waals surface area contributed by atoms with E-state index in [4.69, 9.17) is 14.5 Å². The van der Waals surface area contributed by atoms with E-state index in [9.17, 15) is 0 Å². The van der Waals surface area contributed by atoms with Gasteiger partial charge in [-0.2, -0.15) is 0 Å². The van der Waals surface area contributed by atoms with Crippen LogP contribution in [0.4, 0.5) is 11.5 Å². The third-order valence-corrected chi connectivity index (χ3v) is 7.46. The highest BCUT2D eigenvalue weighted by Crippen LogP contribution is 2.35. The zero-order valence-electron chi connectivity index (χ0n) is 21.7. The molecule has 6 rings (SSSR count). The number of anilines is 2. The number of nitrogens with zero attached hydrogens (tertiary/aromatic N) is 6. The summed E-state index contributed by atoms with van der Waals surface area (Å²) in [5, 5.41) is 3.50. The van der Waals surface area contributed by atoms with Crippen molar-refractivity contribution >= 4 is 22.7 Å². The molecular weight excluding hydrogens is 466 g/mol. The topological polar surface area (TPSA) is 80.6 Å². The maximum Gasteiger partial charge on any atom is 0.231 e. The van der Waals surface area contributed by atoms with Crippen LogP contribution < -0.4 is 19.7 Å². The summed E-state index contributed by atoms with van der Waals surface area (Å²) in [6.45, 7) is 12.9. The summed E-state index contributed by atoms with van der Waals surface area (Å²) in [5.41, 5.74) is 6.63. The van der Waals surface area contributed by atoms with Crippen molar-refractivity contribution in [3.63, 3.8) is 0 Å². The van der Waals surface area contributed by atoms with Gasteiger partial charge in [0.05, 0.1) is 5.69 Å². The van der Waals surface area contributed by atoms with Crippen molar-refractivity contribution in [2.24, 2.45) is 0 Å². The third-order valence-electron chi connectivity index (χ3n) is 7.46. The van der Waals surface area contributed by atoms with Crippen molar-refractivity contribution in [2.45, 2.75) is 27.2 Å². The summed E-state index contributed by atoms with van der Waals surface area (Å²) in [6.07, 6.45) is 2.64. The summed E-state index contributed by atoms with van der Waals surface area (Å²) in [7, 11) is 0. The smallest absolute Gasteiger partial charge is 0.231 e. The van der Waals surface area contributed by atoms with Crippen LogP contribution in [0.5, 0.6) is 11.5 Å². The van der Waals surface area contributed by atoms with Crippen LogP contribution in [0.1, 0.15) is 23.4 Å². The normalized spacial score (nSPS) is 15.5. The highest BCUT2D eigenvalue weighted by atomic mass is 16.7. The fourth-order valence-corrected chi connectivity index (χ4v) is 5.26. The van der Waals surface area contributed by atoms with Gasteiger partial charge < -0.3 is 19.7 Å². The minimum Gasteiger partial charge on any atom is -0.454 e. The molecule has 0 bridgehead atoms. The predicted molar refractivity (Wildman–Crippen MR) is 145 cm³/mol. The Kier molecular flexibility index (Phi) is 6.30. The second-order valence-corrected chi connectivity index (χ2v) is 9.75. The van der Waals surface area contributed by atoms with E-state index in [-0.39, 0.29) is 6.79 Å². The number of benzene rings is 2. The summed E-state index contributed by atoms with van der Waals surface area (Å²) in [5.74, 6) is 3.11. The Morgan fingerprint density at radius 3 is 2.65 bits per heavy atom. The Labute approximate surface area is 217 Å². The maximum absolute atomic E-state index is 5.56. The Morgan fingerprint density at radius 1 is 0.946 bits per heavy atom. The van der Waals surface area contributed by atoms with E-state index in [0.29, 0.717) is 0 Å². The minimum absolute atomic E-state index is 0.251. The monoisotopic (exact) mass is 499 g/mol. The largest absolute Gasteiger partial charge is 0.454 e. The first-order valence-corrected chi connectivity index (χ1v) is 13.0. The van der Waals surface area contributed by atoms with Gasteiger partial charge in [0.1, 0.15) is 12.2 Å². The van der Waals surface area contributed by atoms with Crippen LogP contribution in [0.2, 0.25) is 0 Å². The molecule has 0 radical (unpaired) electrons. The van der Waals surface area contributed by atoms with Crippen LogP contribution >= 0.6 is 0 Å². The SMILES string of the molecule is Cc1cccc(N2CCN(CCCNc3ncnc4c3nc(C)n4-c3ccc4c(c3)OCO4)CC2)c1C. The molecule has 0 spiro atoms. The van der Waals surface area contributed by atoms with Crippen molar-refractivity contribution in [3.8, 4) is 17.2 Å². The first-order valence-electron chi connectivity index (χ1n) is 13.0. The molecule has 1 fully saturated rings. The molecule has 2 aliphatic rings. The Morgan fingerprint density at radius 2 is 1.78 bits per heavy atom. The molecule has 0 atom stereocenters. The second kappa shape index (κ2) is 9.89. The predicted octanol–water partition coefficient (Wildman–Crippen LogP) is 4.09. The van der Waals surface area contributed by atoms with Crippen molar-refractivity contribution in [2.75, 3.05) is 56.3 Å². The summed E-state index contributed by atoms with van der Waals surface area (Å²) in [6, 6.07) is 12.5. The molecule has 192 valence electrons. The van der Waals surface area contributed by atoms with Gasteiger partial charge in [0.25, 0.3) is 0 Å². The highest BCUT2D eigenvalue weighted by molar-refractivity contribution is 5.84. The Balaban J connectivity index is 1.06. The Bertz CT molecular complexity index is 1430. The van der Waals surface area contributed by atoms with Gasteiger partial charge in [0, 0.05) is 44.5 Å². The molecule has 2 aliphatic heterocycles. The number of aromatic nitrogens is 4. The third kappa shape index (κ3) is 4.55. The van der Waals surface area contributed by atoms with Crippen molar-refractivity contribution in [1.82, 2.24) is 24.4 Å². The van der Waals surface area contributed by atoms with E-state index in [1.165, 1.54) is 16.8 Å². The molecule has 1 N–H and O–H groups in total. The lowest BCUT2D eigenvalue weighted by Gasteiger charge is -2.37. The van der Waals surface area contributed by atoms with Gasteiger partial charge in [-0.05, 0) is 63.1 Å². The van der Waals surface area contributed by atoms with Crippen molar-refractivity contribution in [1.29, 1.82) is 0 Å². The molecule has 9 heteroatoms. The van der Waals surface area contributed by atoms with Gasteiger partial charge in [-0.3, -0.25) is 9.47 Å². The molecule has 2 aromatic heterocycles. The number of hydrogen-bond donors (Lipinski definition) is 1. The average Bonchev–Trinajstić information content (AvgIpc) is 3.52. The first-order chi connectivity index (χ1) is 18.1. The standard InChI is InChI=1S/C28H33N7O2/c1-19-6-4-7-23(20(19)2)34-14-12-33(13-15-34)11-5-10-29-27-26-28(31-17-30-27)35(21(3)32-26)22-8-9-24-25(16-22)37-18-36-24/h4,6-9,16-17H,5,10-15,18H2,1-3H3,(H,29,30,31). The molecule has 0 amide bonds. The average molecular weight is 500 g/mol. The van der Waals surface area contributed by atoms with Crippen LogP contribution in [-0.4, -0.2) is 70.5 Å². The molecule has 4 heterocycles. The summed E-state index contributed by atoms with van der Waals surface area (Å²) < 4.78 is 13.0. The molecule has 2 aromatic carbocycles. The van der Waals surface area contributed by atoms with Gasteiger partial charge in [0.15, 0.2) is 28.5 Å². The number of nitrogens with one attached hydrogen (secondary N) is 1. The van der Waals surface area contributed by atoms with Crippen LogP contribution in [0.25, 0.3) is 16.9 Å². The molecule has 4 aromatic rings. The molecule has 0 unspecified atom stereocenters. The molecule has 1 saturated heterocycles. The lowest BCUT2D eigenvalue weighted by molar-refractivity contribution is 0.174. The molecule has 37 heavy (non-hydrogen) atoms. The Hall–Kier alpha value is -3.85. The van der Waals surface area contributed by atoms with Gasteiger partial charge in [-0.15, -0.1) is 0 Å². The second-order valence-electron chi connectivity index (χ2n) is 9.75. The van der Waals surface area contributed by atoms with Crippen LogP contribution in [0, 0.1) is 20.8 Å². The van der Waals surface area contributed by atoms with Gasteiger partial charge in [-0.25, -0.2) is 15.0 Å². The number of aryl methyl sites for hydroxylation is 2. The molecular formula is C28H33N7O2. The van der Waals surface area contributed by atoms with Crippen molar-refractivity contribution in [3.05, 3.63) is 59.7 Å².